The van der Waals surface area contributed by atoms with Crippen molar-refractivity contribution < 1.29 is 0 Å². The minimum absolute atomic E-state index is 0.172. The number of hydrogen-bond acceptors (Lipinski definition) is 1. The van der Waals surface area contributed by atoms with Gasteiger partial charge in [-0.1, -0.05) is 109 Å². The van der Waals surface area contributed by atoms with Crippen LogP contribution in [0.1, 0.15) is 13.3 Å². The van der Waals surface area contributed by atoms with Crippen LogP contribution in [0, 0.1) is 17.9 Å². The fourth-order valence-corrected chi connectivity index (χ4v) is 7.01. The van der Waals surface area contributed by atoms with Crippen molar-refractivity contribution in [2.45, 2.75) is 13.3 Å². The summed E-state index contributed by atoms with van der Waals surface area (Å²) in [7, 11) is 0. The lowest BCUT2D eigenvalue weighted by molar-refractivity contribution is 1.15. The van der Waals surface area contributed by atoms with E-state index in [4.69, 9.17) is 6.57 Å². The highest BCUT2D eigenvalue weighted by Crippen LogP contribution is 2.42. The molecule has 0 radical (unpaired) electrons. The summed E-state index contributed by atoms with van der Waals surface area (Å²) in [6.45, 7) is 10.6. The van der Waals surface area contributed by atoms with Crippen LogP contribution in [0.25, 0.3) is 81.8 Å². The van der Waals surface area contributed by atoms with Crippen molar-refractivity contribution in [3.05, 3.63) is 157 Å². The van der Waals surface area contributed by atoms with Gasteiger partial charge in [0.1, 0.15) is 0 Å². The molecule has 0 spiro atoms. The highest BCUT2D eigenvalue weighted by Gasteiger charge is 2.22. The molecule has 0 amide bonds. The normalized spacial score (nSPS) is 12.5. The molecule has 0 fully saturated rings. The van der Waals surface area contributed by atoms with Crippen LogP contribution >= 0.6 is 0 Å². The molecule has 4 nitrogen and oxygen atoms in total. The summed E-state index contributed by atoms with van der Waals surface area (Å²) < 4.78 is 4.38. The van der Waals surface area contributed by atoms with Gasteiger partial charge in [-0.25, -0.2) is 4.85 Å². The first-order valence-electron chi connectivity index (χ1n) is 15.4. The summed E-state index contributed by atoms with van der Waals surface area (Å²) in [4.78, 5) is 4.22. The van der Waals surface area contributed by atoms with Gasteiger partial charge < -0.3 is 9.13 Å². The van der Waals surface area contributed by atoms with Crippen LogP contribution in [0.2, 0.25) is 0 Å². The van der Waals surface area contributed by atoms with E-state index >= 15 is 0 Å². The maximum Gasteiger partial charge on any atom is 0.229 e. The highest BCUT2D eigenvalue weighted by molar-refractivity contribution is 6.22. The zero-order chi connectivity index (χ0) is 31.2. The summed E-state index contributed by atoms with van der Waals surface area (Å²) >= 11 is 0. The summed E-state index contributed by atoms with van der Waals surface area (Å²) in [5.74, 6) is 0. The van der Waals surface area contributed by atoms with Crippen LogP contribution in [-0.4, -0.2) is 9.13 Å². The van der Waals surface area contributed by atoms with Gasteiger partial charge in [0, 0.05) is 27.2 Å². The first-order chi connectivity index (χ1) is 22.7. The number of aromatic nitrogens is 2. The smallest absolute Gasteiger partial charge is 0.229 e. The van der Waals surface area contributed by atoms with Crippen molar-refractivity contribution in [2.75, 3.05) is 0 Å². The van der Waals surface area contributed by atoms with Crippen LogP contribution < -0.4 is 0 Å². The Balaban J connectivity index is 1.48. The quantitative estimate of drug-likeness (QED) is 0.146. The van der Waals surface area contributed by atoms with Crippen molar-refractivity contribution in [3.8, 4) is 17.2 Å². The number of nitriles is 1. The van der Waals surface area contributed by atoms with Crippen LogP contribution in [0.15, 0.2) is 145 Å². The minimum atomic E-state index is 0.172. The first kappa shape index (κ1) is 27.2. The van der Waals surface area contributed by atoms with E-state index < -0.39 is 0 Å². The maximum absolute atomic E-state index is 9.80. The topological polar surface area (TPSA) is 38.0 Å². The van der Waals surface area contributed by atoms with Gasteiger partial charge in [0.15, 0.2) is 0 Å². The van der Waals surface area contributed by atoms with E-state index in [1.807, 2.05) is 31.2 Å². The average molecular weight is 589 g/mol. The van der Waals surface area contributed by atoms with E-state index in [1.165, 1.54) is 0 Å². The number of fused-ring (bicyclic) bond motifs is 8. The Morgan fingerprint density at radius 3 is 1.96 bits per heavy atom. The lowest BCUT2D eigenvalue weighted by Crippen LogP contribution is -2.04. The zero-order valence-corrected chi connectivity index (χ0v) is 25.3. The number of allylic oxidation sites excluding steroid dienone is 3. The number of hydrogen-bond donors (Lipinski definition) is 0. The molecular formula is C42H28N4. The molecule has 4 heteroatoms. The third-order valence-electron chi connectivity index (χ3n) is 9.00. The fraction of sp³-hybridized carbons (Fsp3) is 0.0476. The molecule has 0 saturated carbocycles. The second-order valence-corrected chi connectivity index (χ2v) is 11.5. The van der Waals surface area contributed by atoms with Gasteiger partial charge in [0.05, 0.1) is 46.8 Å². The van der Waals surface area contributed by atoms with Gasteiger partial charge in [0.2, 0.25) is 5.70 Å². The first-order valence-corrected chi connectivity index (χ1v) is 15.4. The van der Waals surface area contributed by atoms with Crippen molar-refractivity contribution >= 4 is 65.8 Å². The Kier molecular flexibility index (Phi) is 6.49. The third kappa shape index (κ3) is 4.13. The van der Waals surface area contributed by atoms with Crippen LogP contribution in [0.5, 0.6) is 0 Å². The van der Waals surface area contributed by atoms with E-state index in [1.54, 1.807) is 0 Å². The largest absolute Gasteiger partial charge is 0.323 e. The van der Waals surface area contributed by atoms with Crippen LogP contribution in [0.4, 0.5) is 0 Å². The van der Waals surface area contributed by atoms with Gasteiger partial charge >= 0.3 is 0 Å². The van der Waals surface area contributed by atoms with Crippen molar-refractivity contribution in [1.29, 1.82) is 5.26 Å². The Morgan fingerprint density at radius 2 is 1.26 bits per heavy atom. The molecule has 2 heterocycles. The average Bonchev–Trinajstić information content (AvgIpc) is 3.63. The van der Waals surface area contributed by atoms with Crippen molar-refractivity contribution in [3.63, 3.8) is 0 Å². The predicted molar refractivity (Wildman–Crippen MR) is 192 cm³/mol. The summed E-state index contributed by atoms with van der Waals surface area (Å²) in [6.07, 6.45) is 2.08. The molecule has 46 heavy (non-hydrogen) atoms. The fourth-order valence-electron chi connectivity index (χ4n) is 7.01. The minimum Gasteiger partial charge on any atom is -0.323 e. The Hall–Kier alpha value is -6.36. The summed E-state index contributed by atoms with van der Waals surface area (Å²) in [5.41, 5.74) is 8.38. The van der Waals surface area contributed by atoms with Gasteiger partial charge in [-0.3, -0.25) is 0 Å². The summed E-state index contributed by atoms with van der Waals surface area (Å²) in [5, 5.41) is 16.6. The molecule has 216 valence electrons. The molecule has 0 aliphatic heterocycles. The third-order valence-corrected chi connectivity index (χ3v) is 9.00. The van der Waals surface area contributed by atoms with Gasteiger partial charge in [-0.15, -0.1) is 0 Å². The van der Waals surface area contributed by atoms with E-state index in [0.717, 1.165) is 71.2 Å². The Labute approximate surface area is 266 Å². The maximum atomic E-state index is 9.80. The van der Waals surface area contributed by atoms with Crippen molar-refractivity contribution in [2.24, 2.45) is 0 Å². The molecule has 0 saturated heterocycles. The molecule has 2 aromatic heterocycles. The van der Waals surface area contributed by atoms with Gasteiger partial charge in [0.25, 0.3) is 0 Å². The molecule has 6 aromatic carbocycles. The number of para-hydroxylation sites is 2. The SMILES string of the molecule is [C-]#[N+]C(=C(/C)n1c2ccccc2c2ccccc21)/C(=C\CC#N)n1c2ccc(-c3ccccc3)cc2c2c3ccccc3ccc21. The standard InChI is InChI=1S/C42H28N4/c1-28(45-36-19-10-8-17-33(36)34-18-9-11-20-37(34)45)42(44-2)40(21-12-26-43)46-38-24-23-31(29-13-4-3-5-14-29)27-35(38)41-32-16-7-6-15-30(32)22-25-39(41)46/h3-11,13-25,27H,12H2,1H3/b40-21+,42-28-. The molecule has 0 aliphatic rings. The Morgan fingerprint density at radius 1 is 0.652 bits per heavy atom. The number of benzene rings is 6. The number of rotatable bonds is 5. The van der Waals surface area contributed by atoms with E-state index in [-0.39, 0.29) is 6.42 Å². The van der Waals surface area contributed by atoms with E-state index in [9.17, 15) is 5.26 Å². The number of nitrogens with zero attached hydrogens (tertiary/aromatic N) is 4. The van der Waals surface area contributed by atoms with Crippen molar-refractivity contribution in [1.82, 2.24) is 9.13 Å². The summed E-state index contributed by atoms with van der Waals surface area (Å²) in [6, 6.07) is 48.7. The molecule has 0 bridgehead atoms. The predicted octanol–water partition coefficient (Wildman–Crippen LogP) is 11.3. The van der Waals surface area contributed by atoms with Gasteiger partial charge in [-0.2, -0.15) is 5.26 Å². The lowest BCUT2D eigenvalue weighted by atomic mass is 10.0. The molecule has 0 N–H and O–H groups in total. The zero-order valence-electron chi connectivity index (χ0n) is 25.3. The second kappa shape index (κ2) is 11.0. The molecule has 8 aromatic rings. The lowest BCUT2D eigenvalue weighted by Gasteiger charge is -2.17. The second-order valence-electron chi connectivity index (χ2n) is 11.5. The molecular weight excluding hydrogens is 560 g/mol. The molecule has 0 unspecified atom stereocenters. The monoisotopic (exact) mass is 588 g/mol. The molecule has 0 atom stereocenters. The van der Waals surface area contributed by atoms with E-state index in [0.29, 0.717) is 11.4 Å². The molecule has 8 rings (SSSR count). The van der Waals surface area contributed by atoms with Crippen LogP contribution in [-0.2, 0) is 0 Å². The van der Waals surface area contributed by atoms with Crippen LogP contribution in [0.3, 0.4) is 0 Å². The van der Waals surface area contributed by atoms with E-state index in [2.05, 4.69) is 135 Å². The highest BCUT2D eigenvalue weighted by atomic mass is 15.1. The van der Waals surface area contributed by atoms with Gasteiger partial charge in [-0.05, 0) is 59.2 Å². The Bertz CT molecular complexity index is 2580. The molecule has 0 aliphatic carbocycles.